The number of aromatic carboxylic acids is 1. The van der Waals surface area contributed by atoms with E-state index >= 15 is 0 Å². The van der Waals surface area contributed by atoms with Crippen LogP contribution < -0.4 is 0 Å². The van der Waals surface area contributed by atoms with Gasteiger partial charge in [-0.05, 0) is 43.5 Å². The van der Waals surface area contributed by atoms with E-state index in [-0.39, 0.29) is 0 Å². The molecule has 2 N–H and O–H groups in total. The molecule has 16 heavy (non-hydrogen) atoms. The lowest BCUT2D eigenvalue weighted by molar-refractivity contribution is 0.0696. The van der Waals surface area contributed by atoms with Crippen LogP contribution >= 0.6 is 0 Å². The quantitative estimate of drug-likeness (QED) is 0.812. The van der Waals surface area contributed by atoms with Crippen LogP contribution in [0.2, 0.25) is 0 Å². The third-order valence-corrected chi connectivity index (χ3v) is 3.05. The lowest BCUT2D eigenvalue weighted by Crippen LogP contribution is -1.99. The van der Waals surface area contributed by atoms with Crippen molar-refractivity contribution in [2.24, 2.45) is 0 Å². The van der Waals surface area contributed by atoms with E-state index in [1.54, 1.807) is 6.07 Å². The van der Waals surface area contributed by atoms with Gasteiger partial charge < -0.3 is 10.1 Å². The van der Waals surface area contributed by atoms with Crippen molar-refractivity contribution in [3.8, 4) is 0 Å². The minimum Gasteiger partial charge on any atom is -0.478 e. The molecule has 0 radical (unpaired) electrons. The van der Waals surface area contributed by atoms with Crippen molar-refractivity contribution in [2.45, 2.75) is 27.2 Å². The summed E-state index contributed by atoms with van der Waals surface area (Å²) in [5.74, 6) is -0.871. The molecule has 3 nitrogen and oxygen atoms in total. The second kappa shape index (κ2) is 3.67. The molecule has 0 unspecified atom stereocenters. The maximum absolute atomic E-state index is 11.0. The molecule has 2 aromatic rings. The van der Waals surface area contributed by atoms with E-state index in [1.165, 1.54) is 5.56 Å². The topological polar surface area (TPSA) is 53.1 Å². The summed E-state index contributed by atoms with van der Waals surface area (Å²) in [6.07, 6.45) is 0.956. The Bertz CT molecular complexity index is 567. The zero-order valence-corrected chi connectivity index (χ0v) is 9.72. The first-order valence-electron chi connectivity index (χ1n) is 5.39. The van der Waals surface area contributed by atoms with Crippen LogP contribution in [0.4, 0.5) is 0 Å². The largest absolute Gasteiger partial charge is 0.478 e. The van der Waals surface area contributed by atoms with Gasteiger partial charge in [-0.25, -0.2) is 4.79 Å². The Balaban J connectivity index is 2.78. The predicted molar refractivity (Wildman–Crippen MR) is 64.1 cm³/mol. The SMILES string of the molecule is CCc1c(C)[nH]c2cc(C(=O)O)c(C)cc12. The van der Waals surface area contributed by atoms with Gasteiger partial charge in [0.15, 0.2) is 0 Å². The maximum Gasteiger partial charge on any atom is 0.336 e. The number of aromatic amines is 1. The molecule has 84 valence electrons. The highest BCUT2D eigenvalue weighted by Crippen LogP contribution is 2.25. The van der Waals surface area contributed by atoms with Gasteiger partial charge in [0.05, 0.1) is 5.56 Å². The molecule has 0 saturated carbocycles. The minimum atomic E-state index is -0.871. The second-order valence-corrected chi connectivity index (χ2v) is 4.10. The van der Waals surface area contributed by atoms with Crippen molar-refractivity contribution in [3.63, 3.8) is 0 Å². The van der Waals surface area contributed by atoms with E-state index in [4.69, 9.17) is 5.11 Å². The summed E-state index contributed by atoms with van der Waals surface area (Å²) >= 11 is 0. The van der Waals surface area contributed by atoms with Gasteiger partial charge >= 0.3 is 5.97 Å². The zero-order chi connectivity index (χ0) is 11.9. The maximum atomic E-state index is 11.0. The van der Waals surface area contributed by atoms with Crippen LogP contribution in [0, 0.1) is 13.8 Å². The van der Waals surface area contributed by atoms with Crippen LogP contribution in [-0.4, -0.2) is 16.1 Å². The van der Waals surface area contributed by atoms with Crippen LogP contribution in [0.25, 0.3) is 10.9 Å². The van der Waals surface area contributed by atoms with Crippen LogP contribution in [-0.2, 0) is 6.42 Å². The lowest BCUT2D eigenvalue weighted by Gasteiger charge is -2.02. The third-order valence-electron chi connectivity index (χ3n) is 3.05. The molecule has 1 heterocycles. The molecule has 0 amide bonds. The molecule has 0 aliphatic carbocycles. The van der Waals surface area contributed by atoms with Crippen molar-refractivity contribution in [1.82, 2.24) is 4.98 Å². The Hall–Kier alpha value is -1.77. The van der Waals surface area contributed by atoms with E-state index in [2.05, 4.69) is 11.9 Å². The van der Waals surface area contributed by atoms with Gasteiger partial charge in [-0.2, -0.15) is 0 Å². The van der Waals surface area contributed by atoms with E-state index in [0.29, 0.717) is 5.56 Å². The number of aromatic nitrogens is 1. The molecule has 0 aliphatic heterocycles. The van der Waals surface area contributed by atoms with Gasteiger partial charge in [-0.1, -0.05) is 6.92 Å². The van der Waals surface area contributed by atoms with Gasteiger partial charge in [0, 0.05) is 16.6 Å². The Morgan fingerprint density at radius 3 is 2.62 bits per heavy atom. The summed E-state index contributed by atoms with van der Waals surface area (Å²) in [4.78, 5) is 14.2. The number of nitrogens with one attached hydrogen (secondary N) is 1. The average molecular weight is 217 g/mol. The summed E-state index contributed by atoms with van der Waals surface area (Å²) in [6, 6.07) is 3.68. The van der Waals surface area contributed by atoms with E-state index < -0.39 is 5.97 Å². The monoisotopic (exact) mass is 217 g/mol. The molecule has 3 heteroatoms. The molecule has 0 aliphatic rings. The Kier molecular flexibility index (Phi) is 2.46. The minimum absolute atomic E-state index is 0.372. The number of carboxylic acid groups (broad SMARTS) is 1. The van der Waals surface area contributed by atoms with E-state index in [1.807, 2.05) is 19.9 Å². The molecule has 0 saturated heterocycles. The first-order valence-corrected chi connectivity index (χ1v) is 5.39. The second-order valence-electron chi connectivity index (χ2n) is 4.10. The summed E-state index contributed by atoms with van der Waals surface area (Å²) in [7, 11) is 0. The van der Waals surface area contributed by atoms with Gasteiger partial charge in [0.1, 0.15) is 0 Å². The molecule has 0 bridgehead atoms. The Labute approximate surface area is 94.1 Å². The Morgan fingerprint density at radius 2 is 2.06 bits per heavy atom. The summed E-state index contributed by atoms with van der Waals surface area (Å²) in [6.45, 7) is 5.97. The molecule has 1 aromatic carbocycles. The molecule has 0 spiro atoms. The molecule has 0 fully saturated rings. The van der Waals surface area contributed by atoms with Gasteiger partial charge in [0.25, 0.3) is 0 Å². The van der Waals surface area contributed by atoms with E-state index in [0.717, 1.165) is 28.6 Å². The summed E-state index contributed by atoms with van der Waals surface area (Å²) in [5.41, 5.74) is 4.50. The first kappa shape index (κ1) is 10.7. The summed E-state index contributed by atoms with van der Waals surface area (Å²) < 4.78 is 0. The fraction of sp³-hybridized carbons (Fsp3) is 0.308. The van der Waals surface area contributed by atoms with Crippen molar-refractivity contribution < 1.29 is 9.90 Å². The van der Waals surface area contributed by atoms with Crippen molar-refractivity contribution in [3.05, 3.63) is 34.5 Å². The number of hydrogen-bond acceptors (Lipinski definition) is 1. The molecule has 2 rings (SSSR count). The fourth-order valence-electron chi connectivity index (χ4n) is 2.23. The summed E-state index contributed by atoms with van der Waals surface area (Å²) in [5, 5.41) is 10.2. The van der Waals surface area contributed by atoms with E-state index in [9.17, 15) is 4.79 Å². The highest BCUT2D eigenvalue weighted by molar-refractivity contribution is 5.96. The molecule has 0 atom stereocenters. The smallest absolute Gasteiger partial charge is 0.336 e. The van der Waals surface area contributed by atoms with Gasteiger partial charge in [0.2, 0.25) is 0 Å². The number of carbonyl (C=O) groups is 1. The third kappa shape index (κ3) is 1.48. The standard InChI is InChI=1S/C13H15NO2/c1-4-9-8(3)14-12-6-10(13(15)16)7(2)5-11(9)12/h5-6,14H,4H2,1-3H3,(H,15,16). The van der Waals surface area contributed by atoms with Crippen LogP contribution in [0.15, 0.2) is 12.1 Å². The number of H-pyrrole nitrogens is 1. The lowest BCUT2D eigenvalue weighted by atomic mass is 10.0. The van der Waals surface area contributed by atoms with Crippen LogP contribution in [0.3, 0.4) is 0 Å². The molecule has 1 aromatic heterocycles. The predicted octanol–water partition coefficient (Wildman–Crippen LogP) is 3.05. The highest BCUT2D eigenvalue weighted by Gasteiger charge is 2.12. The number of hydrogen-bond donors (Lipinski definition) is 2. The number of aryl methyl sites for hydroxylation is 3. The number of fused-ring (bicyclic) bond motifs is 1. The van der Waals surface area contributed by atoms with Crippen LogP contribution in [0.5, 0.6) is 0 Å². The van der Waals surface area contributed by atoms with Gasteiger partial charge in [-0.15, -0.1) is 0 Å². The first-order chi connectivity index (χ1) is 7.54. The van der Waals surface area contributed by atoms with Crippen LogP contribution in [0.1, 0.15) is 34.1 Å². The number of rotatable bonds is 2. The normalized spacial score (nSPS) is 10.9. The molecular formula is C13H15NO2. The number of carboxylic acids is 1. The zero-order valence-electron chi connectivity index (χ0n) is 9.72. The average Bonchev–Trinajstić information content (AvgIpc) is 2.51. The molecular weight excluding hydrogens is 202 g/mol. The number of benzene rings is 1. The van der Waals surface area contributed by atoms with Crippen molar-refractivity contribution >= 4 is 16.9 Å². The highest BCUT2D eigenvalue weighted by atomic mass is 16.4. The van der Waals surface area contributed by atoms with Crippen molar-refractivity contribution in [2.75, 3.05) is 0 Å². The van der Waals surface area contributed by atoms with Gasteiger partial charge in [-0.3, -0.25) is 0 Å². The Morgan fingerprint density at radius 1 is 1.38 bits per heavy atom. The van der Waals surface area contributed by atoms with Crippen molar-refractivity contribution in [1.29, 1.82) is 0 Å². The fourth-order valence-corrected chi connectivity index (χ4v) is 2.23.